The molecule has 1 aliphatic heterocycles. The highest BCUT2D eigenvalue weighted by Crippen LogP contribution is 2.41. The lowest BCUT2D eigenvalue weighted by Crippen LogP contribution is -2.59. The summed E-state index contributed by atoms with van der Waals surface area (Å²) in [6, 6.07) is 0.498. The van der Waals surface area contributed by atoms with E-state index in [-0.39, 0.29) is 0 Å². The van der Waals surface area contributed by atoms with Crippen LogP contribution in [0, 0.1) is 0 Å². The Kier molecular flexibility index (Phi) is 4.85. The first-order valence-corrected chi connectivity index (χ1v) is 7.84. The fourth-order valence-corrected chi connectivity index (χ4v) is 4.05. The van der Waals surface area contributed by atoms with Gasteiger partial charge in [0.1, 0.15) is 0 Å². The fourth-order valence-electron chi connectivity index (χ4n) is 4.05. The van der Waals surface area contributed by atoms with E-state index in [1.165, 1.54) is 63.6 Å². The number of rotatable bonds is 6. The average Bonchev–Trinajstić information content (AvgIpc) is 3.00. The molecule has 1 atom stereocenters. The smallest absolute Gasteiger partial charge is 0.0461 e. The first kappa shape index (κ1) is 14.1. The number of likely N-dealkylation sites (tertiary alicyclic amines) is 1. The molecule has 2 aliphatic rings. The molecule has 1 heterocycles. The van der Waals surface area contributed by atoms with Gasteiger partial charge in [-0.3, -0.25) is 4.90 Å². The Morgan fingerprint density at radius 3 is 2.33 bits per heavy atom. The van der Waals surface area contributed by atoms with Gasteiger partial charge in [-0.05, 0) is 58.7 Å². The standard InChI is InChI=1S/C16H30N2/c1-4-11-17-15(14(2)3)16(9-5-6-10-16)18-12-7-8-13-18/h15,17H,2,4-13H2,1,3H3. The second-order valence-corrected chi connectivity index (χ2v) is 6.24. The van der Waals surface area contributed by atoms with Crippen LogP contribution in [0.5, 0.6) is 0 Å². The second-order valence-electron chi connectivity index (χ2n) is 6.24. The van der Waals surface area contributed by atoms with Gasteiger partial charge in [-0.15, -0.1) is 0 Å². The molecular formula is C16H30N2. The minimum atomic E-state index is 0.386. The van der Waals surface area contributed by atoms with E-state index in [9.17, 15) is 0 Å². The van der Waals surface area contributed by atoms with E-state index in [1.54, 1.807) is 0 Å². The molecule has 1 N–H and O–H groups in total. The monoisotopic (exact) mass is 250 g/mol. The SMILES string of the molecule is C=C(C)C(NCCC)C1(N2CCCC2)CCCC1. The molecule has 0 aromatic rings. The van der Waals surface area contributed by atoms with E-state index in [0.717, 1.165) is 6.54 Å². The third-order valence-corrected chi connectivity index (χ3v) is 4.83. The number of hydrogen-bond acceptors (Lipinski definition) is 2. The van der Waals surface area contributed by atoms with Crippen molar-refractivity contribution in [2.24, 2.45) is 0 Å². The molecule has 0 aromatic carbocycles. The molecule has 0 radical (unpaired) electrons. The van der Waals surface area contributed by atoms with E-state index in [4.69, 9.17) is 0 Å². The van der Waals surface area contributed by atoms with Crippen LogP contribution >= 0.6 is 0 Å². The largest absolute Gasteiger partial charge is 0.309 e. The van der Waals surface area contributed by atoms with E-state index in [2.05, 4.69) is 30.6 Å². The maximum atomic E-state index is 4.28. The minimum Gasteiger partial charge on any atom is -0.309 e. The molecule has 2 nitrogen and oxygen atoms in total. The summed E-state index contributed by atoms with van der Waals surface area (Å²) in [5.41, 5.74) is 1.72. The van der Waals surface area contributed by atoms with Gasteiger partial charge < -0.3 is 5.32 Å². The van der Waals surface area contributed by atoms with E-state index in [1.807, 2.05) is 0 Å². The van der Waals surface area contributed by atoms with Gasteiger partial charge >= 0.3 is 0 Å². The zero-order chi connectivity index (χ0) is 13.0. The number of hydrogen-bond donors (Lipinski definition) is 1. The molecule has 1 saturated carbocycles. The van der Waals surface area contributed by atoms with Crippen LogP contribution < -0.4 is 5.32 Å². The molecular weight excluding hydrogens is 220 g/mol. The summed E-state index contributed by atoms with van der Waals surface area (Å²) >= 11 is 0. The zero-order valence-electron chi connectivity index (χ0n) is 12.3. The highest BCUT2D eigenvalue weighted by Gasteiger charge is 2.46. The summed E-state index contributed by atoms with van der Waals surface area (Å²) in [6.07, 6.45) is 9.50. The third kappa shape index (κ3) is 2.65. The Balaban J connectivity index is 2.17. The van der Waals surface area contributed by atoms with Crippen LogP contribution in [0.25, 0.3) is 0 Å². The summed E-state index contributed by atoms with van der Waals surface area (Å²) < 4.78 is 0. The number of nitrogens with zero attached hydrogens (tertiary/aromatic N) is 1. The summed E-state index contributed by atoms with van der Waals surface area (Å²) in [5, 5.41) is 3.79. The number of nitrogens with one attached hydrogen (secondary N) is 1. The van der Waals surface area contributed by atoms with Crippen LogP contribution in [0.3, 0.4) is 0 Å². The van der Waals surface area contributed by atoms with Gasteiger partial charge in [0.25, 0.3) is 0 Å². The fraction of sp³-hybridized carbons (Fsp3) is 0.875. The van der Waals surface area contributed by atoms with Gasteiger partial charge in [-0.1, -0.05) is 31.9 Å². The van der Waals surface area contributed by atoms with Crippen LogP contribution in [-0.4, -0.2) is 36.1 Å². The maximum Gasteiger partial charge on any atom is 0.0461 e. The maximum absolute atomic E-state index is 4.28. The van der Waals surface area contributed by atoms with Gasteiger partial charge in [0.15, 0.2) is 0 Å². The Bertz CT molecular complexity index is 273. The molecule has 104 valence electrons. The van der Waals surface area contributed by atoms with Crippen LogP contribution in [0.4, 0.5) is 0 Å². The van der Waals surface area contributed by atoms with Crippen LogP contribution in [0.15, 0.2) is 12.2 Å². The predicted molar refractivity (Wildman–Crippen MR) is 78.9 cm³/mol. The zero-order valence-corrected chi connectivity index (χ0v) is 12.3. The van der Waals surface area contributed by atoms with Crippen molar-refractivity contribution in [2.75, 3.05) is 19.6 Å². The molecule has 0 spiro atoms. The lowest BCUT2D eigenvalue weighted by Gasteiger charge is -2.46. The van der Waals surface area contributed by atoms with Crippen LogP contribution in [0.1, 0.15) is 58.8 Å². The molecule has 2 rings (SSSR count). The van der Waals surface area contributed by atoms with Gasteiger partial charge in [0.2, 0.25) is 0 Å². The van der Waals surface area contributed by atoms with Crippen molar-refractivity contribution in [1.82, 2.24) is 10.2 Å². The third-order valence-electron chi connectivity index (χ3n) is 4.83. The Morgan fingerprint density at radius 2 is 1.83 bits per heavy atom. The van der Waals surface area contributed by atoms with Crippen molar-refractivity contribution in [2.45, 2.75) is 70.4 Å². The van der Waals surface area contributed by atoms with Crippen molar-refractivity contribution in [3.63, 3.8) is 0 Å². The molecule has 2 fully saturated rings. The molecule has 1 saturated heterocycles. The van der Waals surface area contributed by atoms with Gasteiger partial charge in [0.05, 0.1) is 0 Å². The van der Waals surface area contributed by atoms with Crippen LogP contribution in [-0.2, 0) is 0 Å². The van der Waals surface area contributed by atoms with Crippen molar-refractivity contribution in [3.8, 4) is 0 Å². The van der Waals surface area contributed by atoms with E-state index < -0.39 is 0 Å². The molecule has 0 aromatic heterocycles. The van der Waals surface area contributed by atoms with Gasteiger partial charge in [0, 0.05) is 11.6 Å². The second kappa shape index (κ2) is 6.21. The lowest BCUT2D eigenvalue weighted by atomic mass is 9.82. The normalized spacial score (nSPS) is 25.4. The molecule has 18 heavy (non-hydrogen) atoms. The summed E-state index contributed by atoms with van der Waals surface area (Å²) in [5.74, 6) is 0. The highest BCUT2D eigenvalue weighted by atomic mass is 15.2. The Labute approximate surface area is 113 Å². The molecule has 0 bridgehead atoms. The summed E-state index contributed by atoms with van der Waals surface area (Å²) in [4.78, 5) is 2.78. The molecule has 0 amide bonds. The van der Waals surface area contributed by atoms with Crippen molar-refractivity contribution < 1.29 is 0 Å². The summed E-state index contributed by atoms with van der Waals surface area (Å²) in [7, 11) is 0. The predicted octanol–water partition coefficient (Wildman–Crippen LogP) is 3.34. The lowest BCUT2D eigenvalue weighted by molar-refractivity contribution is 0.0902. The van der Waals surface area contributed by atoms with Crippen LogP contribution in [0.2, 0.25) is 0 Å². The average molecular weight is 250 g/mol. The molecule has 1 aliphatic carbocycles. The first-order valence-electron chi connectivity index (χ1n) is 7.84. The van der Waals surface area contributed by atoms with Crippen molar-refractivity contribution in [1.29, 1.82) is 0 Å². The van der Waals surface area contributed by atoms with Gasteiger partial charge in [-0.25, -0.2) is 0 Å². The Hall–Kier alpha value is -0.340. The van der Waals surface area contributed by atoms with Gasteiger partial charge in [-0.2, -0.15) is 0 Å². The molecule has 2 heteroatoms. The minimum absolute atomic E-state index is 0.386. The summed E-state index contributed by atoms with van der Waals surface area (Å²) in [6.45, 7) is 12.5. The van der Waals surface area contributed by atoms with Crippen molar-refractivity contribution in [3.05, 3.63) is 12.2 Å². The first-order chi connectivity index (χ1) is 8.70. The Morgan fingerprint density at radius 1 is 1.22 bits per heavy atom. The molecule has 1 unspecified atom stereocenters. The highest BCUT2D eigenvalue weighted by molar-refractivity contribution is 5.17. The topological polar surface area (TPSA) is 15.3 Å². The van der Waals surface area contributed by atoms with E-state index >= 15 is 0 Å². The quantitative estimate of drug-likeness (QED) is 0.727. The van der Waals surface area contributed by atoms with E-state index in [0.29, 0.717) is 11.6 Å². The van der Waals surface area contributed by atoms with Crippen molar-refractivity contribution >= 4 is 0 Å².